The van der Waals surface area contributed by atoms with E-state index < -0.39 is 0 Å². The molecule has 0 radical (unpaired) electrons. The van der Waals surface area contributed by atoms with E-state index in [2.05, 4.69) is 261 Å². The number of anilines is 3. The van der Waals surface area contributed by atoms with Crippen LogP contribution < -0.4 is 26.0 Å². The second-order valence-corrected chi connectivity index (χ2v) is 20.5. The maximum Gasteiger partial charge on any atom is 0.256 e. The molecule has 0 unspecified atom stereocenters. The highest BCUT2D eigenvalue weighted by Crippen LogP contribution is 2.50. The minimum atomic E-state index is -0.190. The molecule has 2 aromatic heterocycles. The van der Waals surface area contributed by atoms with Crippen molar-refractivity contribution in [1.29, 1.82) is 0 Å². The first-order chi connectivity index (χ1) is 34.7. The molecule has 0 fully saturated rings. The summed E-state index contributed by atoms with van der Waals surface area (Å²) in [6, 6.07) is 78.3. The number of aromatic nitrogens is 2. The first-order valence-corrected chi connectivity index (χ1v) is 24.9. The second-order valence-electron chi connectivity index (χ2n) is 20.5. The highest BCUT2D eigenvalue weighted by atomic mass is 16.5. The zero-order chi connectivity index (χ0) is 47.7. The maximum absolute atomic E-state index is 7.53. The SMILES string of the molecule is Cc1c(-n2c3ccccc3c3ccccc32)ccc2c1Oc1cc(C(C)(C)C)cc3c1B2c1ccc(-n2c4ccccc4c4ccccc42)c(C)c1N3c1cc(-c2ccccc2)ccc1-c1ccccc1. The van der Waals surface area contributed by atoms with Crippen molar-refractivity contribution in [1.82, 2.24) is 9.13 Å². The van der Waals surface area contributed by atoms with Crippen molar-refractivity contribution in [2.45, 2.75) is 40.0 Å². The van der Waals surface area contributed by atoms with Gasteiger partial charge >= 0.3 is 0 Å². The molecular weight excluding hydrogens is 862 g/mol. The minimum absolute atomic E-state index is 0.113. The van der Waals surface area contributed by atoms with E-state index in [1.165, 1.54) is 82.4 Å². The number of ether oxygens (including phenoxy) is 1. The Morgan fingerprint density at radius 1 is 0.408 bits per heavy atom. The number of benzene rings is 10. The molecule has 0 saturated heterocycles. The fourth-order valence-electron chi connectivity index (χ4n) is 12.1. The predicted octanol–water partition coefficient (Wildman–Crippen LogP) is 15.5. The lowest BCUT2D eigenvalue weighted by molar-refractivity contribution is 0.479. The van der Waals surface area contributed by atoms with Crippen LogP contribution in [0.25, 0.3) is 77.2 Å². The van der Waals surface area contributed by atoms with Crippen molar-refractivity contribution in [3.05, 3.63) is 229 Å². The van der Waals surface area contributed by atoms with Crippen LogP contribution >= 0.6 is 0 Å². The summed E-state index contributed by atoms with van der Waals surface area (Å²) in [5.41, 5.74) is 22.1. The molecular formula is C66H50BN3O. The highest BCUT2D eigenvalue weighted by Gasteiger charge is 2.45. The van der Waals surface area contributed by atoms with Crippen LogP contribution in [0.3, 0.4) is 0 Å². The topological polar surface area (TPSA) is 22.3 Å². The Hall–Kier alpha value is -8.54. The Bertz CT molecular complexity index is 4050. The molecule has 4 heterocycles. The highest BCUT2D eigenvalue weighted by molar-refractivity contribution is 6.99. The Kier molecular flexibility index (Phi) is 9.04. The molecule has 0 spiro atoms. The zero-order valence-electron chi connectivity index (χ0n) is 40.5. The molecule has 10 aromatic carbocycles. The summed E-state index contributed by atoms with van der Waals surface area (Å²) in [6.07, 6.45) is 0. The lowest BCUT2D eigenvalue weighted by Crippen LogP contribution is -2.60. The molecule has 2 aliphatic rings. The van der Waals surface area contributed by atoms with Crippen molar-refractivity contribution in [2.75, 3.05) is 4.90 Å². The molecule has 0 atom stereocenters. The average molecular weight is 912 g/mol. The Balaban J connectivity index is 1.10. The van der Waals surface area contributed by atoms with Gasteiger partial charge in [0.2, 0.25) is 0 Å². The number of rotatable bonds is 5. The van der Waals surface area contributed by atoms with Gasteiger partial charge in [-0.2, -0.15) is 0 Å². The molecule has 14 rings (SSSR count). The Morgan fingerprint density at radius 3 is 1.45 bits per heavy atom. The summed E-state index contributed by atoms with van der Waals surface area (Å²) in [5, 5.41) is 4.98. The number of hydrogen-bond acceptors (Lipinski definition) is 2. The maximum atomic E-state index is 7.53. The lowest BCUT2D eigenvalue weighted by atomic mass is 9.33. The third-order valence-electron chi connectivity index (χ3n) is 15.5. The molecule has 0 N–H and O–H groups in total. The molecule has 2 aliphatic heterocycles. The van der Waals surface area contributed by atoms with Crippen LogP contribution in [0.15, 0.2) is 212 Å². The molecule has 71 heavy (non-hydrogen) atoms. The standard InChI is InChI=1S/C66H50BN3O/c1-41-54(68-56-28-16-12-24-48(56)49-25-13-17-29-57(49)68)36-34-52-64(41)70(60-38-45(43-20-8-6-9-21-43)32-33-47(60)44-22-10-7-11-23-44)61-39-46(66(3,4)5)40-62-63(61)67(52)53-35-37-55(42(2)65(53)71-62)69-58-30-18-14-26-50(58)51-27-15-19-31-59(51)69/h6-40H,1-5H3. The van der Waals surface area contributed by atoms with Gasteiger partial charge in [-0.1, -0.05) is 178 Å². The minimum Gasteiger partial charge on any atom is -0.458 e. The Labute approximate surface area is 414 Å². The molecule has 4 nitrogen and oxygen atoms in total. The van der Waals surface area contributed by atoms with Gasteiger partial charge in [0.15, 0.2) is 0 Å². The van der Waals surface area contributed by atoms with E-state index >= 15 is 0 Å². The summed E-state index contributed by atoms with van der Waals surface area (Å²) >= 11 is 0. The van der Waals surface area contributed by atoms with Gasteiger partial charge in [-0.25, -0.2) is 0 Å². The van der Waals surface area contributed by atoms with Crippen molar-refractivity contribution < 1.29 is 4.74 Å². The Morgan fingerprint density at radius 2 is 0.901 bits per heavy atom. The number of hydrogen-bond donors (Lipinski definition) is 0. The molecule has 0 amide bonds. The van der Waals surface area contributed by atoms with E-state index in [0.29, 0.717) is 0 Å². The van der Waals surface area contributed by atoms with Gasteiger partial charge in [-0.05, 0) is 118 Å². The van der Waals surface area contributed by atoms with E-state index in [1.807, 2.05) is 0 Å². The van der Waals surface area contributed by atoms with E-state index in [9.17, 15) is 0 Å². The fourth-order valence-corrected chi connectivity index (χ4v) is 12.1. The van der Waals surface area contributed by atoms with Crippen LogP contribution in [0.2, 0.25) is 0 Å². The predicted molar refractivity (Wildman–Crippen MR) is 300 cm³/mol. The monoisotopic (exact) mass is 911 g/mol. The van der Waals surface area contributed by atoms with Gasteiger partial charge < -0.3 is 18.8 Å². The quantitative estimate of drug-likeness (QED) is 0.161. The van der Waals surface area contributed by atoms with E-state index in [1.54, 1.807) is 0 Å². The van der Waals surface area contributed by atoms with Crippen molar-refractivity contribution in [3.63, 3.8) is 0 Å². The largest absolute Gasteiger partial charge is 0.458 e. The van der Waals surface area contributed by atoms with Gasteiger partial charge in [0.05, 0.1) is 39.1 Å². The number of para-hydroxylation sites is 4. The van der Waals surface area contributed by atoms with Gasteiger partial charge in [0.25, 0.3) is 6.71 Å². The third-order valence-corrected chi connectivity index (χ3v) is 15.5. The summed E-state index contributed by atoms with van der Waals surface area (Å²) in [6.45, 7) is 11.5. The first-order valence-electron chi connectivity index (χ1n) is 24.9. The lowest BCUT2D eigenvalue weighted by Gasteiger charge is -2.43. The third kappa shape index (κ3) is 6.12. The van der Waals surface area contributed by atoms with Crippen molar-refractivity contribution >= 4 is 83.8 Å². The van der Waals surface area contributed by atoms with Crippen molar-refractivity contribution in [2.24, 2.45) is 0 Å². The summed E-state index contributed by atoms with van der Waals surface area (Å²) in [5.74, 6) is 1.84. The van der Waals surface area contributed by atoms with Crippen LogP contribution in [0.5, 0.6) is 11.5 Å². The van der Waals surface area contributed by atoms with Gasteiger partial charge in [0.1, 0.15) is 11.5 Å². The number of fused-ring (bicyclic) bond motifs is 10. The fraction of sp³-hybridized carbons (Fsp3) is 0.0909. The van der Waals surface area contributed by atoms with Gasteiger partial charge in [-0.15, -0.1) is 0 Å². The second kappa shape index (κ2) is 15.5. The van der Waals surface area contributed by atoms with Gasteiger partial charge in [0, 0.05) is 44.0 Å². The van der Waals surface area contributed by atoms with Crippen LogP contribution in [0.4, 0.5) is 17.1 Å². The average Bonchev–Trinajstić information content (AvgIpc) is 3.92. The van der Waals surface area contributed by atoms with Crippen LogP contribution in [0.1, 0.15) is 37.5 Å². The van der Waals surface area contributed by atoms with E-state index in [-0.39, 0.29) is 12.1 Å². The molecule has 0 saturated carbocycles. The summed E-state index contributed by atoms with van der Waals surface area (Å²) < 4.78 is 12.4. The normalized spacial score (nSPS) is 12.9. The molecule has 0 aliphatic carbocycles. The van der Waals surface area contributed by atoms with Crippen LogP contribution in [0, 0.1) is 13.8 Å². The van der Waals surface area contributed by atoms with Crippen molar-refractivity contribution in [3.8, 4) is 45.1 Å². The smallest absolute Gasteiger partial charge is 0.256 e. The molecule has 12 aromatic rings. The molecule has 0 bridgehead atoms. The van der Waals surface area contributed by atoms with Gasteiger partial charge in [-0.3, -0.25) is 0 Å². The van der Waals surface area contributed by atoms with Crippen LogP contribution in [-0.4, -0.2) is 15.8 Å². The summed E-state index contributed by atoms with van der Waals surface area (Å²) in [7, 11) is 0. The van der Waals surface area contributed by atoms with Crippen LogP contribution in [-0.2, 0) is 5.41 Å². The first kappa shape index (κ1) is 41.4. The molecule has 5 heteroatoms. The molecule has 338 valence electrons. The summed E-state index contributed by atoms with van der Waals surface area (Å²) in [4.78, 5) is 2.61. The zero-order valence-corrected chi connectivity index (χ0v) is 40.5. The van der Waals surface area contributed by atoms with E-state index in [0.717, 1.165) is 56.5 Å². The van der Waals surface area contributed by atoms with E-state index in [4.69, 9.17) is 4.74 Å². The number of nitrogens with zero attached hydrogens (tertiary/aromatic N) is 3.